The molecule has 3 heterocycles. The van der Waals surface area contributed by atoms with Crippen molar-refractivity contribution in [1.29, 1.82) is 0 Å². The van der Waals surface area contributed by atoms with Crippen molar-refractivity contribution in [1.82, 2.24) is 19.4 Å². The van der Waals surface area contributed by atoms with Crippen molar-refractivity contribution in [3.8, 4) is 17.2 Å². The van der Waals surface area contributed by atoms with Gasteiger partial charge in [0.05, 0.1) is 25.5 Å². The molecule has 12 heteroatoms. The summed E-state index contributed by atoms with van der Waals surface area (Å²) in [6, 6.07) is 9.50. The summed E-state index contributed by atoms with van der Waals surface area (Å²) in [7, 11) is 1.51. The first kappa shape index (κ1) is 26.3. The fourth-order valence-electron chi connectivity index (χ4n) is 4.21. The van der Waals surface area contributed by atoms with Crippen LogP contribution in [0.15, 0.2) is 53.5 Å². The summed E-state index contributed by atoms with van der Waals surface area (Å²) in [6.45, 7) is 4.79. The maximum atomic E-state index is 14.1. The molecule has 0 radical (unpaired) electrons. The highest BCUT2D eigenvalue weighted by Gasteiger charge is 2.15. The van der Waals surface area contributed by atoms with Crippen LogP contribution in [0.3, 0.4) is 0 Å². The lowest BCUT2D eigenvalue weighted by Gasteiger charge is -2.26. The molecule has 2 aromatic heterocycles. The number of nitrogens with one attached hydrogen (secondary N) is 1. The van der Waals surface area contributed by atoms with Crippen molar-refractivity contribution < 1.29 is 23.0 Å². The Hall–Kier alpha value is -4.29. The lowest BCUT2D eigenvalue weighted by molar-refractivity contribution is 0.0358. The van der Waals surface area contributed by atoms with E-state index in [1.807, 2.05) is 0 Å². The summed E-state index contributed by atoms with van der Waals surface area (Å²) in [4.78, 5) is 24.1. The molecular formula is C27H28F2N6O4. The maximum Gasteiger partial charge on any atom is 0.294 e. The minimum Gasteiger partial charge on any atom is -0.491 e. The zero-order valence-corrected chi connectivity index (χ0v) is 21.3. The predicted octanol–water partition coefficient (Wildman–Crippen LogP) is 3.83. The van der Waals surface area contributed by atoms with E-state index in [1.165, 1.54) is 23.9 Å². The highest BCUT2D eigenvalue weighted by atomic mass is 19.1. The van der Waals surface area contributed by atoms with Gasteiger partial charge in [-0.1, -0.05) is 0 Å². The first-order valence-electron chi connectivity index (χ1n) is 12.5. The molecular weight excluding hydrogens is 510 g/mol. The summed E-state index contributed by atoms with van der Waals surface area (Å²) in [5, 5.41) is 3.60. The first-order chi connectivity index (χ1) is 18.9. The van der Waals surface area contributed by atoms with E-state index in [0.717, 1.165) is 51.4 Å². The van der Waals surface area contributed by atoms with E-state index in [1.54, 1.807) is 18.2 Å². The van der Waals surface area contributed by atoms with E-state index >= 15 is 0 Å². The SMILES string of the molecule is Cn1c(=O)c(Oc2ccc(F)cc2F)cc2cnc(Nc3cc(N)ccc3OCCCN3CCOCC3)nc21. The molecule has 1 fully saturated rings. The van der Waals surface area contributed by atoms with Gasteiger partial charge in [0.25, 0.3) is 5.56 Å². The highest BCUT2D eigenvalue weighted by Crippen LogP contribution is 2.30. The molecule has 0 amide bonds. The molecule has 204 valence electrons. The molecule has 0 bridgehead atoms. The van der Waals surface area contributed by atoms with Crippen molar-refractivity contribution in [2.75, 3.05) is 50.5 Å². The third-order valence-corrected chi connectivity index (χ3v) is 6.26. The van der Waals surface area contributed by atoms with Crippen LogP contribution in [0.4, 0.5) is 26.1 Å². The molecule has 0 spiro atoms. The number of nitrogens with zero attached hydrogens (tertiary/aromatic N) is 4. The molecule has 0 saturated carbocycles. The van der Waals surface area contributed by atoms with E-state index in [4.69, 9.17) is 19.9 Å². The summed E-state index contributed by atoms with van der Waals surface area (Å²) >= 11 is 0. The smallest absolute Gasteiger partial charge is 0.294 e. The van der Waals surface area contributed by atoms with Crippen LogP contribution in [-0.2, 0) is 11.8 Å². The lowest BCUT2D eigenvalue weighted by Crippen LogP contribution is -2.37. The average molecular weight is 539 g/mol. The molecule has 2 aromatic carbocycles. The van der Waals surface area contributed by atoms with E-state index in [-0.39, 0.29) is 17.4 Å². The van der Waals surface area contributed by atoms with Crippen LogP contribution in [0.25, 0.3) is 11.0 Å². The number of nitrogens with two attached hydrogens (primary N) is 1. The van der Waals surface area contributed by atoms with Crippen molar-refractivity contribution in [3.63, 3.8) is 0 Å². The Bertz CT molecular complexity index is 1540. The van der Waals surface area contributed by atoms with Crippen LogP contribution in [-0.4, -0.2) is 58.9 Å². The van der Waals surface area contributed by atoms with E-state index in [9.17, 15) is 13.6 Å². The van der Waals surface area contributed by atoms with Gasteiger partial charge in [0.15, 0.2) is 17.3 Å². The number of aromatic nitrogens is 3. The van der Waals surface area contributed by atoms with Gasteiger partial charge >= 0.3 is 0 Å². The molecule has 0 aliphatic carbocycles. The zero-order chi connectivity index (χ0) is 27.4. The van der Waals surface area contributed by atoms with Crippen LogP contribution < -0.4 is 26.1 Å². The largest absolute Gasteiger partial charge is 0.491 e. The Morgan fingerprint density at radius 1 is 1.08 bits per heavy atom. The second-order valence-electron chi connectivity index (χ2n) is 9.06. The fourth-order valence-corrected chi connectivity index (χ4v) is 4.21. The van der Waals surface area contributed by atoms with Gasteiger partial charge in [-0.2, -0.15) is 4.98 Å². The number of aryl methyl sites for hydroxylation is 1. The molecule has 3 N–H and O–H groups in total. The number of benzene rings is 2. The number of rotatable bonds is 9. The van der Waals surface area contributed by atoms with Crippen molar-refractivity contribution >= 4 is 28.4 Å². The molecule has 0 unspecified atom stereocenters. The molecule has 5 rings (SSSR count). The van der Waals surface area contributed by atoms with Crippen LogP contribution in [0.1, 0.15) is 6.42 Å². The Kier molecular flexibility index (Phi) is 7.84. The third-order valence-electron chi connectivity index (χ3n) is 6.26. The topological polar surface area (TPSA) is 117 Å². The van der Waals surface area contributed by atoms with Crippen molar-refractivity contribution in [2.24, 2.45) is 7.05 Å². The molecule has 39 heavy (non-hydrogen) atoms. The predicted molar refractivity (Wildman–Crippen MR) is 143 cm³/mol. The molecule has 1 aliphatic heterocycles. The number of nitrogen functional groups attached to an aromatic ring is 1. The number of fused-ring (bicyclic) bond motifs is 1. The summed E-state index contributed by atoms with van der Waals surface area (Å²) < 4.78 is 45.4. The Balaban J connectivity index is 1.32. The molecule has 0 atom stereocenters. The second-order valence-corrected chi connectivity index (χ2v) is 9.06. The van der Waals surface area contributed by atoms with Gasteiger partial charge in [0, 0.05) is 50.0 Å². The van der Waals surface area contributed by atoms with Gasteiger partial charge in [0.1, 0.15) is 17.2 Å². The number of halogens is 2. The highest BCUT2D eigenvalue weighted by molar-refractivity contribution is 5.78. The van der Waals surface area contributed by atoms with Gasteiger partial charge in [-0.05, 0) is 42.8 Å². The van der Waals surface area contributed by atoms with E-state index < -0.39 is 17.2 Å². The van der Waals surface area contributed by atoms with E-state index in [0.29, 0.717) is 40.8 Å². The average Bonchev–Trinajstić information content (AvgIpc) is 2.93. The van der Waals surface area contributed by atoms with Gasteiger partial charge in [-0.15, -0.1) is 0 Å². The Morgan fingerprint density at radius 2 is 1.87 bits per heavy atom. The summed E-state index contributed by atoms with van der Waals surface area (Å²) in [6.07, 6.45) is 2.36. The van der Waals surface area contributed by atoms with Gasteiger partial charge in [-0.25, -0.2) is 13.8 Å². The number of morpholine rings is 1. The first-order valence-corrected chi connectivity index (χ1v) is 12.5. The normalized spacial score (nSPS) is 13.9. The van der Waals surface area contributed by atoms with Crippen LogP contribution in [0, 0.1) is 11.6 Å². The van der Waals surface area contributed by atoms with E-state index in [2.05, 4.69) is 20.2 Å². The standard InChI is InChI=1S/C27H28F2N6O4/c1-34-25-17(13-24(26(34)36)39-22-5-3-18(28)14-20(22)29)16-31-27(33-25)32-21-15-19(30)4-6-23(21)38-10-2-7-35-8-11-37-12-9-35/h3-6,13-16H,2,7-12,30H2,1H3,(H,31,32,33). The maximum absolute atomic E-state index is 14.1. The monoisotopic (exact) mass is 538 g/mol. The third kappa shape index (κ3) is 6.24. The molecule has 1 aliphatic rings. The molecule has 4 aromatic rings. The van der Waals surface area contributed by atoms with Crippen molar-refractivity contribution in [3.05, 3.63) is 70.6 Å². The quantitative estimate of drug-likeness (QED) is 0.242. The van der Waals surface area contributed by atoms with Gasteiger partial charge < -0.3 is 25.3 Å². The van der Waals surface area contributed by atoms with Crippen LogP contribution in [0.5, 0.6) is 17.2 Å². The number of pyridine rings is 1. The summed E-state index contributed by atoms with van der Waals surface area (Å²) in [5.41, 5.74) is 6.88. The van der Waals surface area contributed by atoms with Gasteiger partial charge in [-0.3, -0.25) is 14.3 Å². The number of ether oxygens (including phenoxy) is 3. The molecule has 10 nitrogen and oxygen atoms in total. The Morgan fingerprint density at radius 3 is 2.67 bits per heavy atom. The number of hydrogen-bond acceptors (Lipinski definition) is 9. The number of anilines is 3. The van der Waals surface area contributed by atoms with Gasteiger partial charge in [0.2, 0.25) is 5.95 Å². The molecule has 1 saturated heterocycles. The number of hydrogen-bond donors (Lipinski definition) is 2. The van der Waals surface area contributed by atoms with Crippen molar-refractivity contribution in [2.45, 2.75) is 6.42 Å². The lowest BCUT2D eigenvalue weighted by atomic mass is 10.2. The fraction of sp³-hybridized carbons (Fsp3) is 0.296. The minimum absolute atomic E-state index is 0.150. The summed E-state index contributed by atoms with van der Waals surface area (Å²) in [5.74, 6) is -1.28. The zero-order valence-electron chi connectivity index (χ0n) is 21.3. The van der Waals surface area contributed by atoms with Crippen LogP contribution >= 0.6 is 0 Å². The second kappa shape index (κ2) is 11.6. The van der Waals surface area contributed by atoms with Crippen LogP contribution in [0.2, 0.25) is 0 Å². The minimum atomic E-state index is -0.922. The Labute approximate surface area is 222 Å².